The van der Waals surface area contributed by atoms with Gasteiger partial charge in [0.2, 0.25) is 5.91 Å². The van der Waals surface area contributed by atoms with Crippen LogP contribution in [0, 0.1) is 5.82 Å². The van der Waals surface area contributed by atoms with Crippen LogP contribution in [0.3, 0.4) is 0 Å². The molecule has 0 bridgehead atoms. The molecule has 0 fully saturated rings. The first-order valence-electron chi connectivity index (χ1n) is 8.97. The maximum Gasteiger partial charge on any atom is 0.252 e. The molecule has 0 aliphatic carbocycles. The van der Waals surface area contributed by atoms with Crippen molar-refractivity contribution in [2.24, 2.45) is 7.05 Å². The van der Waals surface area contributed by atoms with Gasteiger partial charge in [-0.2, -0.15) is 0 Å². The van der Waals surface area contributed by atoms with E-state index in [0.717, 1.165) is 11.3 Å². The van der Waals surface area contributed by atoms with Crippen molar-refractivity contribution in [3.8, 4) is 0 Å². The number of hydrogen-bond acceptors (Lipinski definition) is 3. The van der Waals surface area contributed by atoms with Crippen LogP contribution in [-0.2, 0) is 18.3 Å². The number of aromatic nitrogens is 2. The van der Waals surface area contributed by atoms with E-state index in [9.17, 15) is 14.0 Å². The predicted octanol–water partition coefficient (Wildman–Crippen LogP) is 2.96. The molecular weight excluding hydrogens is 359 g/mol. The number of fused-ring (bicyclic) bond motifs is 1. The minimum Gasteiger partial charge on any atom is -0.338 e. The van der Waals surface area contributed by atoms with E-state index in [-0.39, 0.29) is 17.6 Å². The summed E-state index contributed by atoms with van der Waals surface area (Å²) >= 11 is 0. The van der Waals surface area contributed by atoms with Gasteiger partial charge in [0.15, 0.2) is 0 Å². The van der Waals surface area contributed by atoms with Gasteiger partial charge in [-0.25, -0.2) is 9.37 Å². The van der Waals surface area contributed by atoms with Gasteiger partial charge in [-0.3, -0.25) is 9.59 Å². The molecule has 0 spiro atoms. The summed E-state index contributed by atoms with van der Waals surface area (Å²) in [5.41, 5.74) is 2.74. The molecule has 6 nitrogen and oxygen atoms in total. The number of aryl methyl sites for hydroxylation is 2. The minimum atomic E-state index is -0.598. The summed E-state index contributed by atoms with van der Waals surface area (Å²) in [4.78, 5) is 28.8. The number of anilines is 1. The van der Waals surface area contributed by atoms with Crippen LogP contribution in [0.4, 0.5) is 10.1 Å². The molecule has 1 atom stereocenters. The van der Waals surface area contributed by atoms with Crippen LogP contribution in [0.15, 0.2) is 54.9 Å². The maximum atomic E-state index is 13.8. The van der Waals surface area contributed by atoms with E-state index < -0.39 is 6.04 Å². The number of rotatable bonds is 4. The Kier molecular flexibility index (Phi) is 4.65. The lowest BCUT2D eigenvalue weighted by atomic mass is 9.99. The number of carbonyl (C=O) groups is 2. The van der Waals surface area contributed by atoms with Crippen LogP contribution in [-0.4, -0.2) is 21.4 Å². The quantitative estimate of drug-likeness (QED) is 0.733. The molecule has 2 amide bonds. The highest BCUT2D eigenvalue weighted by Crippen LogP contribution is 2.25. The Balaban J connectivity index is 1.65. The molecule has 0 unspecified atom stereocenters. The number of carbonyl (C=O) groups excluding carboxylic acids is 2. The fourth-order valence-corrected chi connectivity index (χ4v) is 3.38. The van der Waals surface area contributed by atoms with Gasteiger partial charge in [-0.1, -0.05) is 12.1 Å². The molecular formula is C21H19FN4O2. The molecule has 28 heavy (non-hydrogen) atoms. The number of halogens is 1. The Morgan fingerprint density at radius 3 is 2.86 bits per heavy atom. The summed E-state index contributed by atoms with van der Waals surface area (Å²) in [6.07, 6.45) is 4.40. The lowest BCUT2D eigenvalue weighted by Crippen LogP contribution is -2.31. The minimum absolute atomic E-state index is 0.0225. The summed E-state index contributed by atoms with van der Waals surface area (Å²) in [5, 5.41) is 5.76. The van der Waals surface area contributed by atoms with Gasteiger partial charge < -0.3 is 15.2 Å². The van der Waals surface area contributed by atoms with Gasteiger partial charge in [-0.15, -0.1) is 0 Å². The van der Waals surface area contributed by atoms with E-state index in [4.69, 9.17) is 0 Å². The summed E-state index contributed by atoms with van der Waals surface area (Å²) in [6, 6.07) is 10.7. The van der Waals surface area contributed by atoms with E-state index in [2.05, 4.69) is 15.6 Å². The first-order chi connectivity index (χ1) is 13.5. The van der Waals surface area contributed by atoms with Crippen molar-refractivity contribution in [2.75, 3.05) is 5.32 Å². The highest BCUT2D eigenvalue weighted by Gasteiger charge is 2.23. The molecule has 1 aliphatic heterocycles. The number of hydrogen-bond donors (Lipinski definition) is 2. The lowest BCUT2D eigenvalue weighted by Gasteiger charge is -2.21. The molecule has 2 N–H and O–H groups in total. The zero-order valence-electron chi connectivity index (χ0n) is 15.3. The highest BCUT2D eigenvalue weighted by atomic mass is 19.1. The average molecular weight is 378 g/mol. The van der Waals surface area contributed by atoms with E-state index in [0.29, 0.717) is 29.8 Å². The smallest absolute Gasteiger partial charge is 0.252 e. The van der Waals surface area contributed by atoms with Gasteiger partial charge in [0.25, 0.3) is 5.91 Å². The third kappa shape index (κ3) is 3.51. The Labute approximate surface area is 161 Å². The zero-order valence-corrected chi connectivity index (χ0v) is 15.3. The van der Waals surface area contributed by atoms with Crippen molar-refractivity contribution < 1.29 is 14.0 Å². The average Bonchev–Trinajstić information content (AvgIpc) is 3.11. The largest absolute Gasteiger partial charge is 0.338 e. The lowest BCUT2D eigenvalue weighted by molar-refractivity contribution is -0.116. The van der Waals surface area contributed by atoms with Crippen LogP contribution >= 0.6 is 0 Å². The van der Waals surface area contributed by atoms with Crippen molar-refractivity contribution in [3.63, 3.8) is 0 Å². The van der Waals surface area contributed by atoms with E-state index in [1.54, 1.807) is 47.3 Å². The fourth-order valence-electron chi connectivity index (χ4n) is 3.38. The summed E-state index contributed by atoms with van der Waals surface area (Å²) in [5.74, 6) is -0.0951. The Morgan fingerprint density at radius 2 is 2.11 bits per heavy atom. The third-order valence-electron chi connectivity index (χ3n) is 4.84. The van der Waals surface area contributed by atoms with E-state index >= 15 is 0 Å². The highest BCUT2D eigenvalue weighted by molar-refractivity contribution is 5.98. The first kappa shape index (κ1) is 17.9. The zero-order chi connectivity index (χ0) is 19.7. The molecule has 2 heterocycles. The molecule has 0 saturated carbocycles. The number of nitrogens with zero attached hydrogens (tertiary/aromatic N) is 2. The van der Waals surface area contributed by atoms with Gasteiger partial charge in [-0.05, 0) is 47.9 Å². The van der Waals surface area contributed by atoms with Gasteiger partial charge in [0.05, 0.1) is 0 Å². The molecule has 2 aromatic carbocycles. The fraction of sp³-hybridized carbons (Fsp3) is 0.190. The van der Waals surface area contributed by atoms with Crippen LogP contribution in [0.2, 0.25) is 0 Å². The molecule has 3 aromatic rings. The Bertz CT molecular complexity index is 1060. The number of amides is 2. The number of imidazole rings is 1. The SMILES string of the molecule is Cn1ccnc1[C@H](NC(=O)c1ccc2c(c1)CCC(=O)N2)c1cccc(F)c1. The van der Waals surface area contributed by atoms with Crippen LogP contribution < -0.4 is 10.6 Å². The number of benzene rings is 2. The second kappa shape index (κ2) is 7.26. The molecule has 1 aliphatic rings. The molecule has 142 valence electrons. The van der Waals surface area contributed by atoms with Crippen molar-refractivity contribution >= 4 is 17.5 Å². The monoisotopic (exact) mass is 378 g/mol. The topological polar surface area (TPSA) is 76.0 Å². The van der Waals surface area contributed by atoms with Crippen molar-refractivity contribution in [2.45, 2.75) is 18.9 Å². The molecule has 7 heteroatoms. The van der Waals surface area contributed by atoms with Gasteiger partial charge in [0, 0.05) is 37.1 Å². The predicted molar refractivity (Wildman–Crippen MR) is 102 cm³/mol. The Hall–Kier alpha value is -3.48. The molecule has 0 radical (unpaired) electrons. The van der Waals surface area contributed by atoms with Crippen molar-refractivity contribution in [3.05, 3.63) is 83.2 Å². The van der Waals surface area contributed by atoms with E-state index in [1.165, 1.54) is 12.1 Å². The second-order valence-corrected chi connectivity index (χ2v) is 6.78. The summed E-state index contributed by atoms with van der Waals surface area (Å²) in [6.45, 7) is 0. The number of nitrogens with one attached hydrogen (secondary N) is 2. The molecule has 0 saturated heterocycles. The normalized spacial score (nSPS) is 14.1. The maximum absolute atomic E-state index is 13.8. The molecule has 4 rings (SSSR count). The summed E-state index contributed by atoms with van der Waals surface area (Å²) in [7, 11) is 1.82. The van der Waals surface area contributed by atoms with Crippen LogP contribution in [0.5, 0.6) is 0 Å². The Morgan fingerprint density at radius 1 is 1.25 bits per heavy atom. The van der Waals surface area contributed by atoms with Gasteiger partial charge >= 0.3 is 0 Å². The van der Waals surface area contributed by atoms with Crippen molar-refractivity contribution in [1.82, 2.24) is 14.9 Å². The molecule has 1 aromatic heterocycles. The second-order valence-electron chi connectivity index (χ2n) is 6.78. The van der Waals surface area contributed by atoms with Crippen LogP contribution in [0.25, 0.3) is 0 Å². The third-order valence-corrected chi connectivity index (χ3v) is 4.84. The van der Waals surface area contributed by atoms with Crippen molar-refractivity contribution in [1.29, 1.82) is 0 Å². The summed E-state index contributed by atoms with van der Waals surface area (Å²) < 4.78 is 15.6. The van der Waals surface area contributed by atoms with Crippen LogP contribution in [0.1, 0.15) is 39.8 Å². The standard InChI is InChI=1S/C21H19FN4O2/c1-26-10-9-23-20(26)19(14-3-2-4-16(22)12-14)25-21(28)15-5-7-17-13(11-15)6-8-18(27)24-17/h2-5,7,9-12,19H,6,8H2,1H3,(H,24,27)(H,25,28)/t19-/m1/s1. The van der Waals surface area contributed by atoms with Gasteiger partial charge in [0.1, 0.15) is 17.7 Å². The van der Waals surface area contributed by atoms with E-state index in [1.807, 2.05) is 7.05 Å². The first-order valence-corrected chi connectivity index (χ1v) is 8.97.